The smallest absolute Gasteiger partial charge is 0.0704 e. The van der Waals surface area contributed by atoms with Gasteiger partial charge in [-0.1, -0.05) is 18.2 Å². The summed E-state index contributed by atoms with van der Waals surface area (Å²) in [5.74, 6) is 0. The van der Waals surface area contributed by atoms with Crippen LogP contribution >= 0.6 is 0 Å². The molecule has 0 radical (unpaired) electrons. The summed E-state index contributed by atoms with van der Waals surface area (Å²) >= 11 is 0. The lowest BCUT2D eigenvalue weighted by atomic mass is 9.93. The summed E-state index contributed by atoms with van der Waals surface area (Å²) in [4.78, 5) is 4.35. The fraction of sp³-hybridized carbons (Fsp3) is 0.357. The predicted molar refractivity (Wildman–Crippen MR) is 69.9 cm³/mol. The number of nitrogens with two attached hydrogens (primary N) is 1. The third kappa shape index (κ3) is 2.81. The Hall–Kier alpha value is -1.45. The van der Waals surface area contributed by atoms with Crippen LogP contribution in [0, 0.1) is 0 Å². The number of rotatable bonds is 4. The normalized spacial score (nSPS) is 14.8. The largest absolute Gasteiger partial charge is 0.383 e. The molecule has 0 aliphatic carbocycles. The highest BCUT2D eigenvalue weighted by molar-refractivity contribution is 5.81. The Labute approximate surface area is 102 Å². The van der Waals surface area contributed by atoms with Gasteiger partial charge in [0.05, 0.1) is 12.1 Å². The Morgan fingerprint density at radius 1 is 1.29 bits per heavy atom. The Balaban J connectivity index is 2.36. The highest BCUT2D eigenvalue weighted by atomic mass is 16.5. The van der Waals surface area contributed by atoms with Gasteiger partial charge >= 0.3 is 0 Å². The SMILES string of the molecule is COCC(C)(N)Cc1ccnc2ccccc12. The van der Waals surface area contributed by atoms with E-state index >= 15 is 0 Å². The van der Waals surface area contributed by atoms with E-state index in [9.17, 15) is 0 Å². The van der Waals surface area contributed by atoms with Crippen molar-refractivity contribution in [2.24, 2.45) is 5.73 Å². The molecule has 0 fully saturated rings. The van der Waals surface area contributed by atoms with Crippen molar-refractivity contribution in [1.29, 1.82) is 0 Å². The molecule has 0 saturated heterocycles. The number of methoxy groups -OCH3 is 1. The molecule has 1 atom stereocenters. The second-order valence-electron chi connectivity index (χ2n) is 4.75. The van der Waals surface area contributed by atoms with Crippen LogP contribution in [0.1, 0.15) is 12.5 Å². The number of hydrogen-bond donors (Lipinski definition) is 1. The van der Waals surface area contributed by atoms with E-state index in [2.05, 4.69) is 11.1 Å². The van der Waals surface area contributed by atoms with Crippen molar-refractivity contribution in [2.45, 2.75) is 18.9 Å². The van der Waals surface area contributed by atoms with Crippen molar-refractivity contribution < 1.29 is 4.74 Å². The molecule has 0 aliphatic heterocycles. The average Bonchev–Trinajstić information content (AvgIpc) is 2.29. The van der Waals surface area contributed by atoms with Crippen LogP contribution in [0.3, 0.4) is 0 Å². The topological polar surface area (TPSA) is 48.1 Å². The first-order valence-corrected chi connectivity index (χ1v) is 5.73. The maximum absolute atomic E-state index is 6.20. The quantitative estimate of drug-likeness (QED) is 0.875. The van der Waals surface area contributed by atoms with Crippen LogP contribution in [0.5, 0.6) is 0 Å². The van der Waals surface area contributed by atoms with E-state index < -0.39 is 0 Å². The van der Waals surface area contributed by atoms with Crippen molar-refractivity contribution in [3.8, 4) is 0 Å². The number of hydrogen-bond acceptors (Lipinski definition) is 3. The first-order chi connectivity index (χ1) is 8.12. The molecule has 3 nitrogen and oxygen atoms in total. The fourth-order valence-electron chi connectivity index (χ4n) is 2.13. The molecule has 2 aromatic rings. The van der Waals surface area contributed by atoms with Gasteiger partial charge in [0.25, 0.3) is 0 Å². The zero-order valence-corrected chi connectivity index (χ0v) is 10.3. The van der Waals surface area contributed by atoms with Crippen LogP contribution in [0.2, 0.25) is 0 Å². The summed E-state index contributed by atoms with van der Waals surface area (Å²) in [7, 11) is 1.68. The molecule has 1 aromatic carbocycles. The molecule has 1 unspecified atom stereocenters. The molecule has 90 valence electrons. The van der Waals surface area contributed by atoms with Crippen LogP contribution in [-0.2, 0) is 11.2 Å². The van der Waals surface area contributed by atoms with E-state index in [1.165, 1.54) is 10.9 Å². The molecule has 3 heteroatoms. The Kier molecular flexibility index (Phi) is 3.41. The molecule has 0 aliphatic rings. The minimum absolute atomic E-state index is 0.348. The standard InChI is InChI=1S/C14H18N2O/c1-14(15,10-17-2)9-11-7-8-16-13-6-4-3-5-12(11)13/h3-8H,9-10,15H2,1-2H3. The second kappa shape index (κ2) is 4.82. The lowest BCUT2D eigenvalue weighted by molar-refractivity contribution is 0.141. The summed E-state index contributed by atoms with van der Waals surface area (Å²) in [6.45, 7) is 2.55. The van der Waals surface area contributed by atoms with Crippen molar-refractivity contribution >= 4 is 10.9 Å². The van der Waals surface area contributed by atoms with Crippen molar-refractivity contribution in [3.63, 3.8) is 0 Å². The van der Waals surface area contributed by atoms with Crippen LogP contribution in [0.15, 0.2) is 36.5 Å². The van der Waals surface area contributed by atoms with E-state index in [-0.39, 0.29) is 5.54 Å². The Morgan fingerprint density at radius 3 is 2.82 bits per heavy atom. The van der Waals surface area contributed by atoms with Gasteiger partial charge in [-0.05, 0) is 31.0 Å². The summed E-state index contributed by atoms with van der Waals surface area (Å²) in [6.07, 6.45) is 2.62. The summed E-state index contributed by atoms with van der Waals surface area (Å²) < 4.78 is 5.15. The van der Waals surface area contributed by atoms with E-state index in [1.807, 2.05) is 37.4 Å². The highest BCUT2D eigenvalue weighted by Gasteiger charge is 2.19. The van der Waals surface area contributed by atoms with Crippen LogP contribution in [0.4, 0.5) is 0 Å². The zero-order valence-electron chi connectivity index (χ0n) is 10.3. The summed E-state index contributed by atoms with van der Waals surface area (Å²) in [5.41, 5.74) is 8.09. The number of para-hydroxylation sites is 1. The first kappa shape index (κ1) is 12.0. The molecule has 0 bridgehead atoms. The molecule has 1 aromatic heterocycles. The monoisotopic (exact) mass is 230 g/mol. The van der Waals surface area contributed by atoms with Gasteiger partial charge < -0.3 is 10.5 Å². The van der Waals surface area contributed by atoms with Gasteiger partial charge in [0.1, 0.15) is 0 Å². The maximum Gasteiger partial charge on any atom is 0.0704 e. The Bertz CT molecular complexity index is 503. The van der Waals surface area contributed by atoms with Crippen LogP contribution in [-0.4, -0.2) is 24.2 Å². The van der Waals surface area contributed by atoms with Crippen molar-refractivity contribution in [2.75, 3.05) is 13.7 Å². The van der Waals surface area contributed by atoms with Crippen molar-refractivity contribution in [3.05, 3.63) is 42.1 Å². The zero-order chi connectivity index (χ0) is 12.3. The molecular formula is C14H18N2O. The van der Waals surface area contributed by atoms with E-state index in [0.717, 1.165) is 11.9 Å². The van der Waals surface area contributed by atoms with E-state index in [4.69, 9.17) is 10.5 Å². The Morgan fingerprint density at radius 2 is 2.06 bits per heavy atom. The minimum atomic E-state index is -0.348. The third-order valence-electron chi connectivity index (χ3n) is 2.81. The van der Waals surface area contributed by atoms with Gasteiger partial charge in [0, 0.05) is 24.2 Å². The molecule has 1 heterocycles. The van der Waals surface area contributed by atoms with Crippen LogP contribution < -0.4 is 5.73 Å². The van der Waals surface area contributed by atoms with Crippen molar-refractivity contribution in [1.82, 2.24) is 4.98 Å². The molecule has 2 rings (SSSR count). The lowest BCUT2D eigenvalue weighted by Gasteiger charge is -2.24. The van der Waals surface area contributed by atoms with E-state index in [1.54, 1.807) is 7.11 Å². The highest BCUT2D eigenvalue weighted by Crippen LogP contribution is 2.20. The maximum atomic E-state index is 6.20. The molecule has 2 N–H and O–H groups in total. The molecule has 0 spiro atoms. The fourth-order valence-corrected chi connectivity index (χ4v) is 2.13. The number of ether oxygens (including phenoxy) is 1. The van der Waals surface area contributed by atoms with Crippen LogP contribution in [0.25, 0.3) is 10.9 Å². The number of fused-ring (bicyclic) bond motifs is 1. The second-order valence-corrected chi connectivity index (χ2v) is 4.75. The molecule has 0 amide bonds. The summed E-state index contributed by atoms with van der Waals surface area (Å²) in [6, 6.07) is 10.2. The van der Waals surface area contributed by atoms with E-state index in [0.29, 0.717) is 6.61 Å². The van der Waals surface area contributed by atoms with Gasteiger partial charge in [-0.3, -0.25) is 4.98 Å². The molecule has 0 saturated carbocycles. The van der Waals surface area contributed by atoms with Gasteiger partial charge in [-0.2, -0.15) is 0 Å². The van der Waals surface area contributed by atoms with Gasteiger partial charge in [-0.25, -0.2) is 0 Å². The number of aromatic nitrogens is 1. The number of nitrogens with zero attached hydrogens (tertiary/aromatic N) is 1. The number of benzene rings is 1. The van der Waals surface area contributed by atoms with Gasteiger partial charge in [0.2, 0.25) is 0 Å². The average molecular weight is 230 g/mol. The molecular weight excluding hydrogens is 212 g/mol. The lowest BCUT2D eigenvalue weighted by Crippen LogP contribution is -2.43. The number of pyridine rings is 1. The summed E-state index contributed by atoms with van der Waals surface area (Å²) in [5, 5.41) is 1.17. The van der Waals surface area contributed by atoms with Gasteiger partial charge in [-0.15, -0.1) is 0 Å². The third-order valence-corrected chi connectivity index (χ3v) is 2.81. The first-order valence-electron chi connectivity index (χ1n) is 5.73. The molecule has 17 heavy (non-hydrogen) atoms. The minimum Gasteiger partial charge on any atom is -0.383 e. The predicted octanol–water partition coefficient (Wildman–Crippen LogP) is 2.14. The van der Waals surface area contributed by atoms with Gasteiger partial charge in [0.15, 0.2) is 0 Å².